The summed E-state index contributed by atoms with van der Waals surface area (Å²) in [7, 11) is 3.12. The summed E-state index contributed by atoms with van der Waals surface area (Å²) in [6, 6.07) is 3.37. The van der Waals surface area contributed by atoms with E-state index in [0.29, 0.717) is 22.1 Å². The third-order valence-corrected chi connectivity index (χ3v) is 4.75. The molecule has 0 N–H and O–H groups in total. The highest BCUT2D eigenvalue weighted by Gasteiger charge is 2.40. The van der Waals surface area contributed by atoms with Gasteiger partial charge in [-0.3, -0.25) is 4.79 Å². The van der Waals surface area contributed by atoms with E-state index < -0.39 is 0 Å². The summed E-state index contributed by atoms with van der Waals surface area (Å²) in [6.07, 6.45) is 4.99. The van der Waals surface area contributed by atoms with E-state index in [1.807, 2.05) is 0 Å². The summed E-state index contributed by atoms with van der Waals surface area (Å²) in [5.41, 5.74) is 0.302. The van der Waals surface area contributed by atoms with Gasteiger partial charge in [0.15, 0.2) is 17.3 Å². The van der Waals surface area contributed by atoms with Crippen molar-refractivity contribution in [2.24, 2.45) is 5.41 Å². The first-order chi connectivity index (χ1) is 9.57. The molecule has 0 spiro atoms. The fourth-order valence-corrected chi connectivity index (χ4v) is 3.35. The number of benzene rings is 1. The van der Waals surface area contributed by atoms with Crippen LogP contribution in [0.1, 0.15) is 49.4 Å². The van der Waals surface area contributed by atoms with E-state index >= 15 is 0 Å². The minimum Gasteiger partial charge on any atom is -0.493 e. The molecule has 4 heteroatoms. The number of halogens is 1. The summed E-state index contributed by atoms with van der Waals surface area (Å²) in [5, 5.41) is 0.437. The van der Waals surface area contributed by atoms with Crippen LogP contribution in [-0.4, -0.2) is 20.0 Å². The second-order valence-electron chi connectivity index (χ2n) is 5.36. The molecule has 0 aliphatic heterocycles. The maximum atomic E-state index is 12.9. The van der Waals surface area contributed by atoms with Crippen molar-refractivity contribution >= 4 is 17.4 Å². The van der Waals surface area contributed by atoms with Crippen molar-refractivity contribution in [3.63, 3.8) is 0 Å². The van der Waals surface area contributed by atoms with Crippen LogP contribution in [0.4, 0.5) is 0 Å². The molecule has 1 aromatic carbocycles. The Morgan fingerprint density at radius 2 is 1.75 bits per heavy atom. The molecule has 0 saturated heterocycles. The molecular weight excluding hydrogens is 276 g/mol. The van der Waals surface area contributed by atoms with Crippen LogP contribution in [0.2, 0.25) is 5.02 Å². The first-order valence-electron chi connectivity index (χ1n) is 7.04. The van der Waals surface area contributed by atoms with Crippen molar-refractivity contribution in [3.8, 4) is 11.5 Å². The first kappa shape index (κ1) is 15.2. The lowest BCUT2D eigenvalue weighted by Crippen LogP contribution is -2.27. The Bertz CT molecular complexity index is 505. The number of methoxy groups -OCH3 is 2. The van der Waals surface area contributed by atoms with Crippen molar-refractivity contribution in [2.45, 2.75) is 39.0 Å². The van der Waals surface area contributed by atoms with Crippen molar-refractivity contribution in [1.82, 2.24) is 0 Å². The lowest BCUT2D eigenvalue weighted by molar-refractivity contribution is 0.0791. The Labute approximate surface area is 125 Å². The molecule has 1 aliphatic rings. The van der Waals surface area contributed by atoms with Crippen LogP contribution in [0.25, 0.3) is 0 Å². The van der Waals surface area contributed by atoms with Crippen LogP contribution in [0.15, 0.2) is 12.1 Å². The number of carbonyl (C=O) groups is 1. The molecule has 110 valence electrons. The van der Waals surface area contributed by atoms with Crippen molar-refractivity contribution in [3.05, 3.63) is 22.7 Å². The third-order valence-electron chi connectivity index (χ3n) is 4.44. The molecule has 0 bridgehead atoms. The Balaban J connectivity index is 2.44. The lowest BCUT2D eigenvalue weighted by atomic mass is 9.76. The van der Waals surface area contributed by atoms with Gasteiger partial charge in [0.05, 0.1) is 19.2 Å². The Morgan fingerprint density at radius 1 is 1.20 bits per heavy atom. The van der Waals surface area contributed by atoms with Crippen LogP contribution in [0.5, 0.6) is 11.5 Å². The molecule has 2 rings (SSSR count). The molecular formula is C16H21ClO3. The maximum absolute atomic E-state index is 12.9. The Kier molecular flexibility index (Phi) is 4.59. The van der Waals surface area contributed by atoms with Crippen LogP contribution in [0, 0.1) is 5.41 Å². The Hall–Kier alpha value is -1.22. The monoisotopic (exact) mass is 296 g/mol. The lowest BCUT2D eigenvalue weighted by Gasteiger charge is -2.26. The van der Waals surface area contributed by atoms with E-state index in [2.05, 4.69) is 6.92 Å². The molecule has 0 heterocycles. The highest BCUT2D eigenvalue weighted by atomic mass is 35.5. The fourth-order valence-electron chi connectivity index (χ4n) is 3.11. The van der Waals surface area contributed by atoms with Gasteiger partial charge >= 0.3 is 0 Å². The number of ketones is 1. The summed E-state index contributed by atoms with van der Waals surface area (Å²) >= 11 is 6.27. The van der Waals surface area contributed by atoms with Crippen molar-refractivity contribution in [2.75, 3.05) is 14.2 Å². The predicted octanol–water partition coefficient (Wildman–Crippen LogP) is 4.51. The summed E-state index contributed by atoms with van der Waals surface area (Å²) in [6.45, 7) is 2.08. The van der Waals surface area contributed by atoms with E-state index in [0.717, 1.165) is 32.1 Å². The number of carbonyl (C=O) groups excluding carboxylic acids is 1. The van der Waals surface area contributed by atoms with Crippen LogP contribution < -0.4 is 9.47 Å². The molecule has 0 aromatic heterocycles. The van der Waals surface area contributed by atoms with Gasteiger partial charge in [-0.15, -0.1) is 0 Å². The topological polar surface area (TPSA) is 35.5 Å². The predicted molar refractivity (Wildman–Crippen MR) is 80.1 cm³/mol. The van der Waals surface area contributed by atoms with Crippen LogP contribution >= 0.6 is 11.6 Å². The van der Waals surface area contributed by atoms with Gasteiger partial charge in [-0.1, -0.05) is 31.4 Å². The minimum absolute atomic E-state index is 0.142. The third kappa shape index (κ3) is 2.51. The Morgan fingerprint density at radius 3 is 2.25 bits per heavy atom. The zero-order valence-electron chi connectivity index (χ0n) is 12.3. The summed E-state index contributed by atoms with van der Waals surface area (Å²) in [5.74, 6) is 1.24. The van der Waals surface area contributed by atoms with Gasteiger partial charge < -0.3 is 9.47 Å². The molecule has 0 atom stereocenters. The second kappa shape index (κ2) is 6.04. The SMILES string of the molecule is CCC1(C(=O)c2cc(OC)c(OC)cc2Cl)CCCC1. The van der Waals surface area contributed by atoms with Gasteiger partial charge in [-0.25, -0.2) is 0 Å². The van der Waals surface area contributed by atoms with Crippen LogP contribution in [0.3, 0.4) is 0 Å². The zero-order valence-corrected chi connectivity index (χ0v) is 13.0. The van der Waals surface area contributed by atoms with E-state index in [4.69, 9.17) is 21.1 Å². The zero-order chi connectivity index (χ0) is 14.8. The number of Topliss-reactive ketones (excluding diaryl/α,β-unsaturated/α-hetero) is 1. The molecule has 0 amide bonds. The van der Waals surface area contributed by atoms with E-state index in [1.54, 1.807) is 26.4 Å². The van der Waals surface area contributed by atoms with Crippen molar-refractivity contribution < 1.29 is 14.3 Å². The molecule has 20 heavy (non-hydrogen) atoms. The molecule has 0 unspecified atom stereocenters. The number of hydrogen-bond donors (Lipinski definition) is 0. The summed E-state index contributed by atoms with van der Waals surface area (Å²) < 4.78 is 10.5. The number of ether oxygens (including phenoxy) is 2. The van der Waals surface area contributed by atoms with Crippen LogP contribution in [-0.2, 0) is 0 Å². The average molecular weight is 297 g/mol. The van der Waals surface area contributed by atoms with E-state index in [9.17, 15) is 4.79 Å². The molecule has 3 nitrogen and oxygen atoms in total. The van der Waals surface area contributed by atoms with E-state index in [1.165, 1.54) is 0 Å². The highest BCUT2D eigenvalue weighted by Crippen LogP contribution is 2.45. The molecule has 1 saturated carbocycles. The van der Waals surface area contributed by atoms with E-state index in [-0.39, 0.29) is 11.2 Å². The molecule has 1 aliphatic carbocycles. The number of hydrogen-bond acceptors (Lipinski definition) is 3. The van der Waals surface area contributed by atoms with Gasteiger partial charge in [-0.2, -0.15) is 0 Å². The first-order valence-corrected chi connectivity index (χ1v) is 7.42. The second-order valence-corrected chi connectivity index (χ2v) is 5.76. The quantitative estimate of drug-likeness (QED) is 0.750. The standard InChI is InChI=1S/C16H21ClO3/c1-4-16(7-5-6-8-16)15(18)11-9-13(19-2)14(20-3)10-12(11)17/h9-10H,4-8H2,1-3H3. The summed E-state index contributed by atoms with van der Waals surface area (Å²) in [4.78, 5) is 12.9. The fraction of sp³-hybridized carbons (Fsp3) is 0.562. The molecule has 1 fully saturated rings. The van der Waals surface area contributed by atoms with Gasteiger partial charge in [-0.05, 0) is 25.3 Å². The van der Waals surface area contributed by atoms with Gasteiger partial charge in [0.1, 0.15) is 0 Å². The van der Waals surface area contributed by atoms with Gasteiger partial charge in [0.2, 0.25) is 0 Å². The minimum atomic E-state index is -0.247. The largest absolute Gasteiger partial charge is 0.493 e. The average Bonchev–Trinajstić information content (AvgIpc) is 2.96. The highest BCUT2D eigenvalue weighted by molar-refractivity contribution is 6.34. The normalized spacial score (nSPS) is 17.0. The van der Waals surface area contributed by atoms with Crippen molar-refractivity contribution in [1.29, 1.82) is 0 Å². The maximum Gasteiger partial charge on any atom is 0.170 e. The smallest absolute Gasteiger partial charge is 0.170 e. The number of rotatable bonds is 5. The van der Waals surface area contributed by atoms with Gasteiger partial charge in [0.25, 0.3) is 0 Å². The molecule has 0 radical (unpaired) electrons. The van der Waals surface area contributed by atoms with Gasteiger partial charge in [0, 0.05) is 17.0 Å². The molecule has 1 aromatic rings.